The highest BCUT2D eigenvalue weighted by Crippen LogP contribution is 2.23. The summed E-state index contributed by atoms with van der Waals surface area (Å²) < 4.78 is 4.87. The minimum atomic E-state index is -1.17. The number of rotatable bonds is 7. The van der Waals surface area contributed by atoms with Crippen LogP contribution in [-0.4, -0.2) is 77.1 Å². The number of ether oxygens (including phenoxy) is 1. The van der Waals surface area contributed by atoms with Crippen molar-refractivity contribution in [3.8, 4) is 0 Å². The van der Waals surface area contributed by atoms with Gasteiger partial charge in [-0.25, -0.2) is 4.79 Å². The maximum Gasteiger partial charge on any atom is 0.336 e. The van der Waals surface area contributed by atoms with E-state index in [2.05, 4.69) is 10.2 Å². The fourth-order valence-corrected chi connectivity index (χ4v) is 3.63. The van der Waals surface area contributed by atoms with E-state index in [1.165, 1.54) is 0 Å². The number of benzene rings is 1. The maximum atomic E-state index is 13.0. The van der Waals surface area contributed by atoms with E-state index in [0.717, 1.165) is 17.1 Å². The van der Waals surface area contributed by atoms with E-state index < -0.39 is 30.1 Å². The lowest BCUT2D eigenvalue weighted by Crippen LogP contribution is -2.56. The van der Waals surface area contributed by atoms with E-state index in [1.807, 2.05) is 38.1 Å². The summed E-state index contributed by atoms with van der Waals surface area (Å²) in [7, 11) is 0. The van der Waals surface area contributed by atoms with Gasteiger partial charge in [0.15, 0.2) is 12.2 Å². The SMILES string of the molecule is CC(C)[C@H](NC(=O)[C@H]1O[C@@H]1C(=O)O)C(=O)N1CCN(Cc2ccccc2Cl)CC1. The highest BCUT2D eigenvalue weighted by molar-refractivity contribution is 6.31. The molecule has 8 nitrogen and oxygen atoms in total. The number of halogens is 1. The monoisotopic (exact) mass is 423 g/mol. The first kappa shape index (κ1) is 21.5. The Bertz CT molecular complexity index is 779. The molecule has 2 saturated heterocycles. The van der Waals surface area contributed by atoms with Crippen LogP contribution in [0.25, 0.3) is 0 Å². The fourth-order valence-electron chi connectivity index (χ4n) is 3.44. The van der Waals surface area contributed by atoms with Crippen LogP contribution < -0.4 is 5.32 Å². The highest BCUT2D eigenvalue weighted by Gasteiger charge is 2.51. The van der Waals surface area contributed by atoms with Gasteiger partial charge in [-0.05, 0) is 17.5 Å². The van der Waals surface area contributed by atoms with Crippen LogP contribution in [0.5, 0.6) is 0 Å². The maximum absolute atomic E-state index is 13.0. The molecular formula is C20H26ClN3O5. The van der Waals surface area contributed by atoms with Gasteiger partial charge in [-0.1, -0.05) is 43.6 Å². The molecule has 9 heteroatoms. The van der Waals surface area contributed by atoms with Gasteiger partial charge in [-0.3, -0.25) is 14.5 Å². The molecule has 1 aromatic carbocycles. The van der Waals surface area contributed by atoms with Crippen molar-refractivity contribution in [3.63, 3.8) is 0 Å². The van der Waals surface area contributed by atoms with Crippen LogP contribution in [0.3, 0.4) is 0 Å². The van der Waals surface area contributed by atoms with Gasteiger partial charge in [0.2, 0.25) is 5.91 Å². The molecule has 0 spiro atoms. The smallest absolute Gasteiger partial charge is 0.336 e. The molecule has 158 valence electrons. The van der Waals surface area contributed by atoms with E-state index in [1.54, 1.807) is 4.90 Å². The second-order valence-corrected chi connectivity index (χ2v) is 8.15. The van der Waals surface area contributed by atoms with Crippen LogP contribution in [0, 0.1) is 5.92 Å². The summed E-state index contributed by atoms with van der Waals surface area (Å²) >= 11 is 6.23. The average Bonchev–Trinajstić information content (AvgIpc) is 3.49. The van der Waals surface area contributed by atoms with Crippen molar-refractivity contribution in [2.45, 2.75) is 38.6 Å². The number of amides is 2. The van der Waals surface area contributed by atoms with Crippen molar-refractivity contribution in [2.24, 2.45) is 5.92 Å². The van der Waals surface area contributed by atoms with Crippen molar-refractivity contribution >= 4 is 29.4 Å². The number of nitrogens with zero attached hydrogens (tertiary/aromatic N) is 2. The van der Waals surface area contributed by atoms with Crippen LogP contribution in [0.1, 0.15) is 19.4 Å². The summed E-state index contributed by atoms with van der Waals surface area (Å²) in [6, 6.07) is 7.00. The second kappa shape index (κ2) is 9.11. The Morgan fingerprint density at radius 2 is 1.83 bits per heavy atom. The lowest BCUT2D eigenvalue weighted by atomic mass is 10.0. The number of carbonyl (C=O) groups is 3. The minimum Gasteiger partial charge on any atom is -0.479 e. The molecule has 2 N–H and O–H groups in total. The number of carbonyl (C=O) groups excluding carboxylic acids is 2. The molecule has 0 aliphatic carbocycles. The predicted molar refractivity (Wildman–Crippen MR) is 106 cm³/mol. The number of epoxide rings is 1. The third kappa shape index (κ3) is 5.26. The largest absolute Gasteiger partial charge is 0.479 e. The molecule has 2 heterocycles. The third-order valence-electron chi connectivity index (χ3n) is 5.26. The molecule has 0 unspecified atom stereocenters. The van der Waals surface area contributed by atoms with E-state index in [4.69, 9.17) is 21.4 Å². The number of hydrogen-bond donors (Lipinski definition) is 2. The first-order valence-corrected chi connectivity index (χ1v) is 10.1. The topological polar surface area (TPSA) is 102 Å². The summed E-state index contributed by atoms with van der Waals surface area (Å²) in [5, 5.41) is 12.3. The van der Waals surface area contributed by atoms with E-state index in [0.29, 0.717) is 26.2 Å². The molecule has 0 aromatic heterocycles. The fraction of sp³-hybridized carbons (Fsp3) is 0.550. The zero-order chi connectivity index (χ0) is 21.1. The quantitative estimate of drug-likeness (QED) is 0.634. The molecule has 0 radical (unpaired) electrons. The molecule has 1 aromatic rings. The van der Waals surface area contributed by atoms with Crippen LogP contribution >= 0.6 is 11.6 Å². The van der Waals surface area contributed by atoms with Crippen LogP contribution in [0.4, 0.5) is 0 Å². The molecule has 0 saturated carbocycles. The van der Waals surface area contributed by atoms with Gasteiger partial charge in [0.1, 0.15) is 6.04 Å². The molecule has 2 aliphatic rings. The standard InChI is InChI=1S/C20H26ClN3O5/c1-12(2)15(22-18(25)16-17(29-16)20(27)28)19(26)24-9-7-23(8-10-24)11-13-5-3-4-6-14(13)21/h3-6,12,15-17H,7-11H2,1-2H3,(H,22,25)(H,27,28)/t15-,16-,17-/m0/s1. The van der Waals surface area contributed by atoms with Crippen LogP contribution in [0.2, 0.25) is 5.02 Å². The Kier molecular flexibility index (Phi) is 6.77. The van der Waals surface area contributed by atoms with E-state index in [-0.39, 0.29) is 11.8 Å². The first-order valence-electron chi connectivity index (χ1n) is 9.71. The zero-order valence-electron chi connectivity index (χ0n) is 16.5. The summed E-state index contributed by atoms with van der Waals surface area (Å²) in [5.74, 6) is -2.01. The summed E-state index contributed by atoms with van der Waals surface area (Å²) in [4.78, 5) is 40.0. The Hall–Kier alpha value is -2.16. The number of piperazine rings is 1. The first-order chi connectivity index (χ1) is 13.8. The van der Waals surface area contributed by atoms with Crippen LogP contribution in [0.15, 0.2) is 24.3 Å². The Morgan fingerprint density at radius 1 is 1.17 bits per heavy atom. The number of hydrogen-bond acceptors (Lipinski definition) is 5. The summed E-state index contributed by atoms with van der Waals surface area (Å²) in [6.07, 6.45) is -2.14. The van der Waals surface area contributed by atoms with Crippen molar-refractivity contribution in [1.82, 2.24) is 15.1 Å². The zero-order valence-corrected chi connectivity index (χ0v) is 17.3. The average molecular weight is 424 g/mol. The van der Waals surface area contributed by atoms with Gasteiger partial charge in [-0.15, -0.1) is 0 Å². The minimum absolute atomic E-state index is 0.130. The van der Waals surface area contributed by atoms with Crippen molar-refractivity contribution < 1.29 is 24.2 Å². The van der Waals surface area contributed by atoms with Crippen molar-refractivity contribution in [3.05, 3.63) is 34.9 Å². The molecule has 3 rings (SSSR count). The third-order valence-corrected chi connectivity index (χ3v) is 5.63. The van der Waals surface area contributed by atoms with Gasteiger partial charge >= 0.3 is 5.97 Å². The molecule has 2 amide bonds. The molecular weight excluding hydrogens is 398 g/mol. The summed E-state index contributed by atoms with van der Waals surface area (Å²) in [5.41, 5.74) is 1.05. The van der Waals surface area contributed by atoms with E-state index in [9.17, 15) is 14.4 Å². The number of carboxylic acid groups (broad SMARTS) is 1. The normalized spacial score (nSPS) is 23.0. The van der Waals surface area contributed by atoms with Crippen molar-refractivity contribution in [1.29, 1.82) is 0 Å². The molecule has 29 heavy (non-hydrogen) atoms. The number of nitrogens with one attached hydrogen (secondary N) is 1. The predicted octanol–water partition coefficient (Wildman–Crippen LogP) is 0.977. The Balaban J connectivity index is 1.53. The van der Waals surface area contributed by atoms with Gasteiger partial charge in [0.05, 0.1) is 0 Å². The molecule has 2 fully saturated rings. The van der Waals surface area contributed by atoms with Gasteiger partial charge < -0.3 is 20.1 Å². The number of carboxylic acids is 1. The lowest BCUT2D eigenvalue weighted by molar-refractivity contribution is -0.139. The molecule has 3 atom stereocenters. The molecule has 0 bridgehead atoms. The molecule has 2 aliphatic heterocycles. The lowest BCUT2D eigenvalue weighted by Gasteiger charge is -2.37. The Labute approximate surface area is 174 Å². The Morgan fingerprint density at radius 3 is 2.38 bits per heavy atom. The van der Waals surface area contributed by atoms with Gasteiger partial charge in [-0.2, -0.15) is 0 Å². The van der Waals surface area contributed by atoms with E-state index >= 15 is 0 Å². The number of aliphatic carboxylic acids is 1. The second-order valence-electron chi connectivity index (χ2n) is 7.74. The summed E-state index contributed by atoms with van der Waals surface area (Å²) in [6.45, 7) is 6.95. The van der Waals surface area contributed by atoms with Gasteiger partial charge in [0.25, 0.3) is 5.91 Å². The van der Waals surface area contributed by atoms with Gasteiger partial charge in [0, 0.05) is 37.7 Å². The van der Waals surface area contributed by atoms with Crippen LogP contribution in [-0.2, 0) is 25.7 Å². The highest BCUT2D eigenvalue weighted by atomic mass is 35.5. The van der Waals surface area contributed by atoms with Crippen molar-refractivity contribution in [2.75, 3.05) is 26.2 Å².